The van der Waals surface area contributed by atoms with E-state index in [0.29, 0.717) is 0 Å². The normalized spacial score (nSPS) is 21.3. The van der Waals surface area contributed by atoms with Crippen molar-refractivity contribution in [3.63, 3.8) is 0 Å². The fraction of sp³-hybridized carbons (Fsp3) is 0.531. The second-order valence-electron chi connectivity index (χ2n) is 11.7. The molecule has 0 bridgehead atoms. The number of aliphatic hydroxyl groups excluding tert-OH is 1. The van der Waals surface area contributed by atoms with Crippen LogP contribution >= 0.6 is 11.3 Å². The smallest absolute Gasteiger partial charge is 0.124 e. The van der Waals surface area contributed by atoms with Crippen molar-refractivity contribution in [1.29, 1.82) is 0 Å². The van der Waals surface area contributed by atoms with Crippen molar-refractivity contribution in [2.75, 3.05) is 39.8 Å². The Morgan fingerprint density at radius 1 is 1.00 bits per heavy atom. The first-order chi connectivity index (χ1) is 18.4. The van der Waals surface area contributed by atoms with E-state index in [4.69, 9.17) is 9.72 Å². The largest absolute Gasteiger partial charge is 0.493 e. The van der Waals surface area contributed by atoms with Gasteiger partial charge in [0.05, 0.1) is 18.4 Å². The first kappa shape index (κ1) is 26.0. The van der Waals surface area contributed by atoms with Gasteiger partial charge in [-0.25, -0.2) is 4.98 Å². The zero-order valence-corrected chi connectivity index (χ0v) is 23.9. The van der Waals surface area contributed by atoms with Gasteiger partial charge in [-0.3, -0.25) is 0 Å². The van der Waals surface area contributed by atoms with Crippen LogP contribution in [0.4, 0.5) is 0 Å². The van der Waals surface area contributed by atoms with Crippen LogP contribution in [0.3, 0.4) is 0 Å². The van der Waals surface area contributed by atoms with Crippen molar-refractivity contribution in [3.05, 3.63) is 58.1 Å². The molecule has 6 rings (SSSR count). The molecule has 6 heteroatoms. The molecule has 1 spiro atoms. The average molecular weight is 532 g/mol. The topological polar surface area (TPSA) is 48.8 Å². The Morgan fingerprint density at radius 3 is 2.47 bits per heavy atom. The minimum absolute atomic E-state index is 0.0542. The van der Waals surface area contributed by atoms with E-state index in [1.54, 1.807) is 0 Å². The molecule has 1 saturated carbocycles. The summed E-state index contributed by atoms with van der Waals surface area (Å²) in [5.74, 6) is 0.982. The summed E-state index contributed by atoms with van der Waals surface area (Å²) in [4.78, 5) is 11.4. The molecular weight excluding hydrogens is 490 g/mol. The van der Waals surface area contributed by atoms with Crippen LogP contribution in [-0.2, 0) is 13.0 Å². The van der Waals surface area contributed by atoms with Crippen LogP contribution < -0.4 is 4.74 Å². The van der Waals surface area contributed by atoms with Gasteiger partial charge in [-0.1, -0.05) is 30.3 Å². The summed E-state index contributed by atoms with van der Waals surface area (Å²) >= 11 is 1.87. The number of rotatable bonds is 7. The van der Waals surface area contributed by atoms with Crippen molar-refractivity contribution >= 4 is 11.3 Å². The van der Waals surface area contributed by atoms with Gasteiger partial charge in [0, 0.05) is 30.1 Å². The van der Waals surface area contributed by atoms with Gasteiger partial charge >= 0.3 is 0 Å². The van der Waals surface area contributed by atoms with Crippen LogP contribution in [0.15, 0.2) is 36.4 Å². The van der Waals surface area contributed by atoms with Crippen LogP contribution in [0.25, 0.3) is 21.7 Å². The molecule has 38 heavy (non-hydrogen) atoms. The van der Waals surface area contributed by atoms with E-state index in [0.717, 1.165) is 82.2 Å². The van der Waals surface area contributed by atoms with Crippen molar-refractivity contribution < 1.29 is 9.84 Å². The highest BCUT2D eigenvalue weighted by atomic mass is 32.1. The van der Waals surface area contributed by atoms with Gasteiger partial charge in [0.1, 0.15) is 10.8 Å². The monoisotopic (exact) mass is 531 g/mol. The van der Waals surface area contributed by atoms with E-state index >= 15 is 0 Å². The van der Waals surface area contributed by atoms with Gasteiger partial charge in [0.15, 0.2) is 0 Å². The molecule has 202 valence electrons. The second-order valence-corrected chi connectivity index (χ2v) is 12.8. The highest BCUT2D eigenvalue weighted by molar-refractivity contribution is 7.15. The van der Waals surface area contributed by atoms with Crippen molar-refractivity contribution in [2.24, 2.45) is 5.41 Å². The summed E-state index contributed by atoms with van der Waals surface area (Å²) in [6.07, 6.45) is 6.58. The number of piperidine rings is 1. The lowest BCUT2D eigenvalue weighted by molar-refractivity contribution is -0.0994. The predicted octanol–water partition coefficient (Wildman–Crippen LogP) is 6.09. The van der Waals surface area contributed by atoms with E-state index in [9.17, 15) is 5.11 Å². The number of thiazole rings is 1. The third kappa shape index (κ3) is 4.92. The van der Waals surface area contributed by atoms with Gasteiger partial charge in [-0.2, -0.15) is 0 Å². The van der Waals surface area contributed by atoms with Gasteiger partial charge in [-0.15, -0.1) is 11.3 Å². The van der Waals surface area contributed by atoms with Gasteiger partial charge in [0.25, 0.3) is 0 Å². The Morgan fingerprint density at radius 2 is 1.74 bits per heavy atom. The molecule has 2 aliphatic heterocycles. The first-order valence-electron chi connectivity index (χ1n) is 14.3. The number of benzene rings is 2. The molecule has 1 unspecified atom stereocenters. The standard InChI is InChI=1S/C32H41N3O2S/c1-22-24(7-4-9-26(22)31-33-27-21-34(3)17-12-29(27)38-31)25-8-5-10-28(23(25)2)37-20-6-16-35-18-14-32(15-19-35)13-11-30(32)36/h4-5,7-10,30,36H,6,11-21H2,1-3H3. The first-order valence-corrected chi connectivity index (χ1v) is 15.2. The molecule has 5 nitrogen and oxygen atoms in total. The lowest BCUT2D eigenvalue weighted by Crippen LogP contribution is -2.52. The Labute approximate surface area is 231 Å². The number of aromatic nitrogens is 1. The van der Waals surface area contributed by atoms with E-state index in [1.165, 1.54) is 44.8 Å². The number of aliphatic hydroxyl groups is 1. The molecule has 1 N–H and O–H groups in total. The minimum Gasteiger partial charge on any atom is -0.493 e. The Kier molecular flexibility index (Phi) is 7.34. The van der Waals surface area contributed by atoms with Crippen LogP contribution in [-0.4, -0.2) is 65.8 Å². The number of fused-ring (bicyclic) bond motifs is 1. The summed E-state index contributed by atoms with van der Waals surface area (Å²) in [6, 6.07) is 13.1. The van der Waals surface area contributed by atoms with E-state index < -0.39 is 0 Å². The SMILES string of the molecule is Cc1c(OCCCN2CCC3(CCC3O)CC2)cccc1-c1cccc(-c2nc3c(s2)CCN(C)C3)c1C. The molecule has 0 radical (unpaired) electrons. The quantitative estimate of drug-likeness (QED) is 0.374. The van der Waals surface area contributed by atoms with Crippen LogP contribution in [0, 0.1) is 19.3 Å². The lowest BCUT2D eigenvalue weighted by Gasteiger charge is -2.51. The summed E-state index contributed by atoms with van der Waals surface area (Å²) in [5.41, 5.74) is 7.72. The zero-order chi connectivity index (χ0) is 26.3. The van der Waals surface area contributed by atoms with Gasteiger partial charge < -0.3 is 19.6 Å². The van der Waals surface area contributed by atoms with E-state index in [2.05, 4.69) is 67.1 Å². The number of likely N-dealkylation sites (tertiary alicyclic amines) is 1. The second kappa shape index (κ2) is 10.7. The van der Waals surface area contributed by atoms with Crippen molar-refractivity contribution in [1.82, 2.24) is 14.8 Å². The fourth-order valence-corrected chi connectivity index (χ4v) is 7.77. The Bertz CT molecular complexity index is 1290. The Balaban J connectivity index is 1.11. The summed E-state index contributed by atoms with van der Waals surface area (Å²) in [7, 11) is 2.18. The summed E-state index contributed by atoms with van der Waals surface area (Å²) < 4.78 is 6.32. The molecule has 0 amide bonds. The number of ether oxygens (including phenoxy) is 1. The highest BCUT2D eigenvalue weighted by Crippen LogP contribution is 2.49. The van der Waals surface area contributed by atoms with Gasteiger partial charge in [0.2, 0.25) is 0 Å². The molecule has 3 aliphatic rings. The maximum atomic E-state index is 10.2. The lowest BCUT2D eigenvalue weighted by atomic mass is 9.61. The van der Waals surface area contributed by atoms with Crippen molar-refractivity contribution in [2.45, 2.75) is 65.0 Å². The predicted molar refractivity (Wildman–Crippen MR) is 156 cm³/mol. The van der Waals surface area contributed by atoms with Crippen LogP contribution in [0.5, 0.6) is 5.75 Å². The number of hydrogen-bond donors (Lipinski definition) is 1. The number of likely N-dealkylation sites (N-methyl/N-ethyl adjacent to an activating group) is 1. The molecule has 1 aromatic heterocycles. The molecule has 1 aliphatic carbocycles. The molecule has 3 heterocycles. The third-order valence-electron chi connectivity index (χ3n) is 9.41. The molecule has 1 saturated heterocycles. The minimum atomic E-state index is -0.0542. The maximum absolute atomic E-state index is 10.2. The van der Waals surface area contributed by atoms with Crippen LogP contribution in [0.2, 0.25) is 0 Å². The zero-order valence-electron chi connectivity index (χ0n) is 23.1. The summed E-state index contributed by atoms with van der Waals surface area (Å²) in [6.45, 7) is 10.5. The highest BCUT2D eigenvalue weighted by Gasteiger charge is 2.47. The van der Waals surface area contributed by atoms with Crippen LogP contribution in [0.1, 0.15) is 53.8 Å². The van der Waals surface area contributed by atoms with E-state index in [-0.39, 0.29) is 11.5 Å². The molecule has 1 atom stereocenters. The molecule has 2 fully saturated rings. The Hall–Kier alpha value is -2.25. The number of hydrogen-bond acceptors (Lipinski definition) is 6. The van der Waals surface area contributed by atoms with Crippen molar-refractivity contribution in [3.8, 4) is 27.4 Å². The van der Waals surface area contributed by atoms with E-state index in [1.807, 2.05) is 11.3 Å². The number of nitrogens with zero attached hydrogens (tertiary/aromatic N) is 3. The summed E-state index contributed by atoms with van der Waals surface area (Å²) in [5, 5.41) is 11.3. The average Bonchev–Trinajstić information content (AvgIpc) is 3.34. The maximum Gasteiger partial charge on any atom is 0.124 e. The van der Waals surface area contributed by atoms with Gasteiger partial charge in [-0.05, 0) is 106 Å². The molecule has 3 aromatic rings. The molecule has 2 aromatic carbocycles. The third-order valence-corrected chi connectivity index (χ3v) is 10.6. The molecular formula is C32H41N3O2S. The fourth-order valence-electron chi connectivity index (χ4n) is 6.62.